The Morgan fingerprint density at radius 1 is 1.33 bits per heavy atom. The second kappa shape index (κ2) is 7.01. The number of ether oxygens (including phenoxy) is 1. The van der Waals surface area contributed by atoms with Gasteiger partial charge in [-0.05, 0) is 36.6 Å². The van der Waals surface area contributed by atoms with Gasteiger partial charge in [0.25, 0.3) is 5.91 Å². The van der Waals surface area contributed by atoms with E-state index in [-0.39, 0.29) is 12.5 Å². The van der Waals surface area contributed by atoms with E-state index in [1.165, 1.54) is 0 Å². The Bertz CT molecular complexity index is 745. The molecule has 0 saturated heterocycles. The molecule has 1 aliphatic heterocycles. The molecule has 0 unspecified atom stereocenters. The molecular weight excluding hydrogens is 304 g/mol. The van der Waals surface area contributed by atoms with Crippen LogP contribution in [0.1, 0.15) is 35.5 Å². The van der Waals surface area contributed by atoms with Gasteiger partial charge in [0.05, 0.1) is 18.3 Å². The minimum atomic E-state index is -0.647. The van der Waals surface area contributed by atoms with Crippen LogP contribution in [-0.2, 0) is 17.8 Å². The van der Waals surface area contributed by atoms with E-state index in [2.05, 4.69) is 4.98 Å². The normalized spacial score (nSPS) is 16.6. The topological polar surface area (TPSA) is 62.7 Å². The fraction of sp³-hybridized carbons (Fsp3) is 0.368. The molecule has 0 fully saturated rings. The molecule has 2 heterocycles. The highest BCUT2D eigenvalue weighted by molar-refractivity contribution is 5.78. The highest BCUT2D eigenvalue weighted by Gasteiger charge is 2.26. The first-order valence-electron chi connectivity index (χ1n) is 8.21. The second-order valence-corrected chi connectivity index (χ2v) is 6.03. The maximum Gasteiger partial charge on any atom is 0.260 e. The quantitative estimate of drug-likeness (QED) is 0.937. The van der Waals surface area contributed by atoms with Gasteiger partial charge in [0.1, 0.15) is 5.75 Å². The molecule has 2 aromatic rings. The molecule has 3 rings (SSSR count). The summed E-state index contributed by atoms with van der Waals surface area (Å²) in [6, 6.07) is 11.4. The first-order valence-corrected chi connectivity index (χ1v) is 8.21. The van der Waals surface area contributed by atoms with Crippen molar-refractivity contribution in [1.82, 2.24) is 9.88 Å². The Labute approximate surface area is 141 Å². The Morgan fingerprint density at radius 3 is 2.92 bits per heavy atom. The van der Waals surface area contributed by atoms with E-state index in [0.717, 1.165) is 28.9 Å². The zero-order chi connectivity index (χ0) is 17.1. The van der Waals surface area contributed by atoms with Gasteiger partial charge in [-0.2, -0.15) is 0 Å². The number of carbonyl (C=O) groups is 1. The molecule has 126 valence electrons. The minimum absolute atomic E-state index is 0.0490. The van der Waals surface area contributed by atoms with Crippen molar-refractivity contribution in [1.29, 1.82) is 0 Å². The predicted octanol–water partition coefficient (Wildman–Crippen LogP) is 2.41. The number of β-amino-alcohol motifs (C(OH)–C–C–N with tert-alkyl or cyclic N) is 1. The zero-order valence-corrected chi connectivity index (χ0v) is 14.0. The lowest BCUT2D eigenvalue weighted by Gasteiger charge is -2.32. The van der Waals surface area contributed by atoms with Gasteiger partial charge in [-0.1, -0.05) is 31.2 Å². The number of carbonyl (C=O) groups excluding carboxylic acids is 1. The van der Waals surface area contributed by atoms with Gasteiger partial charge in [-0.15, -0.1) is 0 Å². The van der Waals surface area contributed by atoms with Crippen molar-refractivity contribution in [2.75, 3.05) is 13.2 Å². The molecule has 0 spiro atoms. The van der Waals surface area contributed by atoms with Crippen LogP contribution in [0.2, 0.25) is 0 Å². The summed E-state index contributed by atoms with van der Waals surface area (Å²) in [7, 11) is 0. The van der Waals surface area contributed by atoms with Crippen LogP contribution >= 0.6 is 0 Å². The van der Waals surface area contributed by atoms with Crippen LogP contribution in [0.3, 0.4) is 0 Å². The summed E-state index contributed by atoms with van der Waals surface area (Å²) in [6.07, 6.45) is 0.104. The molecule has 1 aliphatic rings. The maximum absolute atomic E-state index is 12.5. The second-order valence-electron chi connectivity index (χ2n) is 6.03. The number of amides is 1. The van der Waals surface area contributed by atoms with Crippen molar-refractivity contribution in [2.24, 2.45) is 0 Å². The van der Waals surface area contributed by atoms with Crippen LogP contribution in [0.15, 0.2) is 36.4 Å². The zero-order valence-electron chi connectivity index (χ0n) is 14.0. The number of aromatic nitrogens is 1. The van der Waals surface area contributed by atoms with Gasteiger partial charge in [0.2, 0.25) is 0 Å². The van der Waals surface area contributed by atoms with Gasteiger partial charge in [0, 0.05) is 12.2 Å². The van der Waals surface area contributed by atoms with Crippen molar-refractivity contribution >= 4 is 5.91 Å². The molecule has 24 heavy (non-hydrogen) atoms. The third-order valence-electron chi connectivity index (χ3n) is 4.28. The lowest BCUT2D eigenvalue weighted by atomic mass is 9.97. The Balaban J connectivity index is 1.66. The van der Waals surface area contributed by atoms with E-state index in [9.17, 15) is 9.90 Å². The summed E-state index contributed by atoms with van der Waals surface area (Å²) in [4.78, 5) is 18.5. The molecule has 0 radical (unpaired) electrons. The van der Waals surface area contributed by atoms with Crippen molar-refractivity contribution < 1.29 is 14.6 Å². The Kier molecular flexibility index (Phi) is 4.81. The van der Waals surface area contributed by atoms with E-state index in [1.807, 2.05) is 50.2 Å². The van der Waals surface area contributed by atoms with E-state index < -0.39 is 6.10 Å². The molecule has 1 N–H and O–H groups in total. The lowest BCUT2D eigenvalue weighted by Crippen LogP contribution is -2.40. The molecule has 1 atom stereocenters. The summed E-state index contributed by atoms with van der Waals surface area (Å²) >= 11 is 0. The summed E-state index contributed by atoms with van der Waals surface area (Å²) in [5, 5.41) is 10.2. The number of hydrogen-bond acceptors (Lipinski definition) is 4. The van der Waals surface area contributed by atoms with Gasteiger partial charge in [-0.25, -0.2) is 0 Å². The molecule has 1 aromatic carbocycles. The maximum atomic E-state index is 12.5. The Hall–Kier alpha value is -2.40. The highest BCUT2D eigenvalue weighted by atomic mass is 16.5. The van der Waals surface area contributed by atoms with Crippen molar-refractivity contribution in [3.05, 3.63) is 58.9 Å². The number of rotatable bonds is 4. The van der Waals surface area contributed by atoms with Crippen molar-refractivity contribution in [2.45, 2.75) is 32.9 Å². The van der Waals surface area contributed by atoms with Crippen molar-refractivity contribution in [3.8, 4) is 5.75 Å². The predicted molar refractivity (Wildman–Crippen MR) is 90.7 cm³/mol. The third-order valence-corrected chi connectivity index (χ3v) is 4.28. The van der Waals surface area contributed by atoms with Crippen LogP contribution in [0.25, 0.3) is 0 Å². The smallest absolute Gasteiger partial charge is 0.260 e. The fourth-order valence-corrected chi connectivity index (χ4v) is 2.98. The van der Waals surface area contributed by atoms with Gasteiger partial charge in [-0.3, -0.25) is 9.78 Å². The average molecular weight is 326 g/mol. The SMILES string of the molecule is CCc1nc(C)ccc1OCC(=O)N1Cc2ccccc2[C@H](O)C1. The van der Waals surface area contributed by atoms with E-state index in [0.29, 0.717) is 18.8 Å². The van der Waals surface area contributed by atoms with Gasteiger partial charge < -0.3 is 14.7 Å². The standard InChI is InChI=1S/C19H22N2O3/c1-3-16-18(9-8-13(2)20-16)24-12-19(23)21-10-14-6-4-5-7-15(14)17(22)11-21/h4-9,17,22H,3,10-12H2,1-2H3/t17-/m1/s1. The number of aliphatic hydroxyl groups is 1. The molecule has 1 aromatic heterocycles. The monoisotopic (exact) mass is 326 g/mol. The molecule has 0 bridgehead atoms. The number of aryl methyl sites for hydroxylation is 2. The number of hydrogen-bond donors (Lipinski definition) is 1. The van der Waals surface area contributed by atoms with Crippen LogP contribution < -0.4 is 4.74 Å². The number of nitrogens with zero attached hydrogens (tertiary/aromatic N) is 2. The number of fused-ring (bicyclic) bond motifs is 1. The first kappa shape index (κ1) is 16.5. The molecule has 0 saturated carbocycles. The van der Waals surface area contributed by atoms with E-state index in [4.69, 9.17) is 4.74 Å². The van der Waals surface area contributed by atoms with Crippen LogP contribution in [0, 0.1) is 6.92 Å². The average Bonchev–Trinajstić information content (AvgIpc) is 2.60. The number of benzene rings is 1. The minimum Gasteiger partial charge on any atom is -0.482 e. The van der Waals surface area contributed by atoms with Gasteiger partial charge >= 0.3 is 0 Å². The number of aliphatic hydroxyl groups excluding tert-OH is 1. The summed E-state index contributed by atoms with van der Waals surface area (Å²) < 4.78 is 5.69. The van der Waals surface area contributed by atoms with Gasteiger partial charge in [0.15, 0.2) is 6.61 Å². The van der Waals surface area contributed by atoms with Crippen molar-refractivity contribution in [3.63, 3.8) is 0 Å². The lowest BCUT2D eigenvalue weighted by molar-refractivity contribution is -0.136. The third kappa shape index (κ3) is 3.41. The number of pyridine rings is 1. The molecular formula is C19H22N2O3. The highest BCUT2D eigenvalue weighted by Crippen LogP contribution is 2.26. The van der Waals surface area contributed by atoms with E-state index >= 15 is 0 Å². The molecule has 0 aliphatic carbocycles. The van der Waals surface area contributed by atoms with E-state index in [1.54, 1.807) is 4.90 Å². The molecule has 5 nitrogen and oxygen atoms in total. The van der Waals surface area contributed by atoms with Crippen LogP contribution in [0.5, 0.6) is 5.75 Å². The molecule has 5 heteroatoms. The summed E-state index contributed by atoms with van der Waals surface area (Å²) in [5.41, 5.74) is 3.67. The first-order chi connectivity index (χ1) is 11.6. The summed E-state index contributed by atoms with van der Waals surface area (Å²) in [6.45, 7) is 4.69. The van der Waals surface area contributed by atoms with Crippen LogP contribution in [0.4, 0.5) is 0 Å². The summed E-state index contributed by atoms with van der Waals surface area (Å²) in [5.74, 6) is 0.514. The fourth-order valence-electron chi connectivity index (χ4n) is 2.98. The van der Waals surface area contributed by atoms with Crippen LogP contribution in [-0.4, -0.2) is 34.0 Å². The molecule has 1 amide bonds. The Morgan fingerprint density at radius 2 is 2.12 bits per heavy atom. The largest absolute Gasteiger partial charge is 0.482 e.